The monoisotopic (exact) mass is 1190 g/mol. The molecule has 492 valence electrons. The topological polar surface area (TPSA) is 111 Å². The summed E-state index contributed by atoms with van der Waals surface area (Å²) in [7, 11) is 5.93. The highest BCUT2D eigenvalue weighted by molar-refractivity contribution is 5.70. The quantitative estimate of drug-likeness (QED) is 0.0195. The molecule has 0 saturated heterocycles. The molecule has 0 heterocycles. The van der Waals surface area contributed by atoms with Crippen molar-refractivity contribution in [2.75, 3.05) is 47.5 Å². The standard InChI is InChI=1S/C76H135NO8/c1-6-8-10-12-14-16-18-20-22-24-26-28-30-32-33-34-35-36-37-38-39-40-41-43-44-46-48-50-52-54-56-58-60-62-64-66-73(78)83-70-72(71-84-76(75(80)81)82-69-68-77(3,4)5)85-74(79)67-65-63-61-59-57-55-53-51-49-47-45-42-31-29-27-25-23-21-19-17-15-13-11-9-7-2/h9,11,15,17,21,23-24,26-27,29,42,45,49,51,72,76H,6-8,10,12-14,16,18-20,22,25,28,30-41,43-44,46-48,50,52-71H2,1-5H3/b11-9-,17-15-,23-21-,26-24-,29-27-,45-42-,51-49-. The van der Waals surface area contributed by atoms with E-state index in [9.17, 15) is 19.5 Å². The smallest absolute Gasteiger partial charge is 0.306 e. The molecule has 0 spiro atoms. The third kappa shape index (κ3) is 67.8. The predicted octanol–water partition coefficient (Wildman–Crippen LogP) is 20.9. The highest BCUT2D eigenvalue weighted by Gasteiger charge is 2.22. The number of ether oxygens (including phenoxy) is 4. The summed E-state index contributed by atoms with van der Waals surface area (Å²) >= 11 is 0. The molecule has 0 aliphatic carbocycles. The van der Waals surface area contributed by atoms with Gasteiger partial charge in [-0.25, -0.2) is 0 Å². The van der Waals surface area contributed by atoms with Crippen LogP contribution in [0.3, 0.4) is 0 Å². The number of rotatable bonds is 66. The lowest BCUT2D eigenvalue weighted by molar-refractivity contribution is -0.870. The number of carbonyl (C=O) groups is 3. The second kappa shape index (κ2) is 66.4. The van der Waals surface area contributed by atoms with Gasteiger partial charge < -0.3 is 33.3 Å². The van der Waals surface area contributed by atoms with Crippen LogP contribution in [-0.4, -0.2) is 82.3 Å². The van der Waals surface area contributed by atoms with Crippen molar-refractivity contribution in [3.63, 3.8) is 0 Å². The van der Waals surface area contributed by atoms with E-state index in [1.165, 1.54) is 193 Å². The Kier molecular flexibility index (Phi) is 63.7. The van der Waals surface area contributed by atoms with Gasteiger partial charge in [0.1, 0.15) is 13.2 Å². The van der Waals surface area contributed by atoms with E-state index >= 15 is 0 Å². The molecule has 0 N–H and O–H groups in total. The fourth-order valence-electron chi connectivity index (χ4n) is 10.2. The Morgan fingerprint density at radius 3 is 1.01 bits per heavy atom. The molecule has 0 rings (SSSR count). The van der Waals surface area contributed by atoms with E-state index in [-0.39, 0.29) is 38.6 Å². The molecule has 0 saturated carbocycles. The van der Waals surface area contributed by atoms with Gasteiger partial charge in [-0.1, -0.05) is 304 Å². The lowest BCUT2D eigenvalue weighted by atomic mass is 10.0. The molecule has 0 fully saturated rings. The van der Waals surface area contributed by atoms with Crippen molar-refractivity contribution >= 4 is 17.9 Å². The van der Waals surface area contributed by atoms with Gasteiger partial charge in [0.25, 0.3) is 0 Å². The Morgan fingerprint density at radius 2 is 0.671 bits per heavy atom. The number of hydrogen-bond donors (Lipinski definition) is 0. The van der Waals surface area contributed by atoms with E-state index < -0.39 is 24.3 Å². The Bertz CT molecular complexity index is 1670. The van der Waals surface area contributed by atoms with Crippen molar-refractivity contribution in [3.8, 4) is 0 Å². The van der Waals surface area contributed by atoms with Crippen LogP contribution in [0, 0.1) is 0 Å². The first-order valence-electron chi connectivity index (χ1n) is 35.7. The maximum absolute atomic E-state index is 12.9. The van der Waals surface area contributed by atoms with Gasteiger partial charge in [-0.05, 0) is 89.9 Å². The maximum atomic E-state index is 12.9. The number of allylic oxidation sites excluding steroid dienone is 14. The van der Waals surface area contributed by atoms with E-state index in [2.05, 4.69) is 98.9 Å². The minimum Gasteiger partial charge on any atom is -0.545 e. The van der Waals surface area contributed by atoms with Crippen LogP contribution in [0.2, 0.25) is 0 Å². The summed E-state index contributed by atoms with van der Waals surface area (Å²) in [5.41, 5.74) is 0. The minimum absolute atomic E-state index is 0.142. The van der Waals surface area contributed by atoms with Crippen LogP contribution < -0.4 is 5.11 Å². The lowest BCUT2D eigenvalue weighted by Gasteiger charge is -2.26. The van der Waals surface area contributed by atoms with Gasteiger partial charge >= 0.3 is 11.9 Å². The van der Waals surface area contributed by atoms with Gasteiger partial charge in [-0.3, -0.25) is 9.59 Å². The molecule has 0 aliphatic rings. The second-order valence-corrected chi connectivity index (χ2v) is 25.1. The Labute approximate surface area is 525 Å². The summed E-state index contributed by atoms with van der Waals surface area (Å²) in [5.74, 6) is -2.29. The molecule has 0 bridgehead atoms. The molecule has 9 nitrogen and oxygen atoms in total. The van der Waals surface area contributed by atoms with E-state index in [4.69, 9.17) is 18.9 Å². The maximum Gasteiger partial charge on any atom is 0.306 e. The highest BCUT2D eigenvalue weighted by atomic mass is 16.7. The molecule has 85 heavy (non-hydrogen) atoms. The van der Waals surface area contributed by atoms with E-state index in [0.29, 0.717) is 17.4 Å². The summed E-state index contributed by atoms with van der Waals surface area (Å²) in [6.07, 6.45) is 86.8. The zero-order valence-corrected chi connectivity index (χ0v) is 56.2. The number of likely N-dealkylation sites (N-methyl/N-ethyl adjacent to an activating group) is 1. The van der Waals surface area contributed by atoms with Crippen LogP contribution in [-0.2, 0) is 33.3 Å². The van der Waals surface area contributed by atoms with Gasteiger partial charge in [0.15, 0.2) is 12.4 Å². The Hall–Kier alpha value is -3.53. The molecule has 0 aliphatic heterocycles. The fraction of sp³-hybridized carbons (Fsp3) is 0.776. The van der Waals surface area contributed by atoms with Crippen LogP contribution in [0.1, 0.15) is 322 Å². The number of nitrogens with zero attached hydrogens (tertiary/aromatic N) is 1. The first-order chi connectivity index (χ1) is 41.6. The minimum atomic E-state index is -1.63. The SMILES string of the molecule is CC/C=C\C/C=C\C/C=C\C/C=C\C/C=C\C/C=C\CCCCCCCCC(=O)OC(COC(=O)CCCCCCCCCCCCCCCCCCCCCCCCC/C=C\CCCCCCCCCC)COC(OCC[N+](C)(C)C)C(=O)[O-]. The van der Waals surface area contributed by atoms with Crippen molar-refractivity contribution in [3.05, 3.63) is 85.1 Å². The predicted molar refractivity (Wildman–Crippen MR) is 361 cm³/mol. The molecular formula is C76H135NO8. The van der Waals surface area contributed by atoms with E-state index in [1.54, 1.807) is 0 Å². The van der Waals surface area contributed by atoms with Crippen LogP contribution in [0.15, 0.2) is 85.1 Å². The van der Waals surface area contributed by atoms with Gasteiger partial charge in [-0.15, -0.1) is 0 Å². The summed E-state index contributed by atoms with van der Waals surface area (Å²) in [6.45, 7) is 4.65. The normalized spacial score (nSPS) is 13.2. The third-order valence-corrected chi connectivity index (χ3v) is 15.6. The average Bonchev–Trinajstić information content (AvgIpc) is 3.49. The summed E-state index contributed by atoms with van der Waals surface area (Å²) in [4.78, 5) is 37.5. The molecule has 0 amide bonds. The molecule has 0 radical (unpaired) electrons. The zero-order chi connectivity index (χ0) is 61.9. The number of quaternary nitrogens is 1. The zero-order valence-electron chi connectivity index (χ0n) is 56.2. The summed E-state index contributed by atoms with van der Waals surface area (Å²) in [6, 6.07) is 0. The van der Waals surface area contributed by atoms with E-state index in [1.807, 2.05) is 21.1 Å². The van der Waals surface area contributed by atoms with Gasteiger partial charge in [-0.2, -0.15) is 0 Å². The molecule has 2 atom stereocenters. The van der Waals surface area contributed by atoms with Gasteiger partial charge in [0.05, 0.1) is 40.3 Å². The number of hydrogen-bond acceptors (Lipinski definition) is 8. The number of aliphatic carboxylic acids is 1. The molecule has 2 unspecified atom stereocenters. The Balaban J connectivity index is 4.08. The molecule has 0 aromatic heterocycles. The first kappa shape index (κ1) is 81.5. The largest absolute Gasteiger partial charge is 0.545 e. The van der Waals surface area contributed by atoms with Crippen LogP contribution >= 0.6 is 0 Å². The summed E-state index contributed by atoms with van der Waals surface area (Å²) in [5, 5.41) is 11.8. The number of carboxylic acids is 1. The number of carbonyl (C=O) groups excluding carboxylic acids is 3. The summed E-state index contributed by atoms with van der Waals surface area (Å²) < 4.78 is 22.8. The molecule has 0 aromatic rings. The van der Waals surface area contributed by atoms with Crippen molar-refractivity contribution < 1.29 is 42.9 Å². The second-order valence-electron chi connectivity index (χ2n) is 25.1. The van der Waals surface area contributed by atoms with Crippen LogP contribution in [0.5, 0.6) is 0 Å². The molecule has 0 aromatic carbocycles. The first-order valence-corrected chi connectivity index (χ1v) is 35.7. The highest BCUT2D eigenvalue weighted by Crippen LogP contribution is 2.18. The van der Waals surface area contributed by atoms with Gasteiger partial charge in [0.2, 0.25) is 0 Å². The average molecular weight is 1190 g/mol. The number of unbranched alkanes of at least 4 members (excludes halogenated alkanes) is 37. The lowest BCUT2D eigenvalue weighted by Crippen LogP contribution is -2.44. The number of esters is 2. The van der Waals surface area contributed by atoms with Crippen molar-refractivity contribution in [1.29, 1.82) is 0 Å². The van der Waals surface area contributed by atoms with Crippen molar-refractivity contribution in [2.45, 2.75) is 334 Å². The van der Waals surface area contributed by atoms with Crippen LogP contribution in [0.4, 0.5) is 0 Å². The van der Waals surface area contributed by atoms with Crippen LogP contribution in [0.25, 0.3) is 0 Å². The van der Waals surface area contributed by atoms with E-state index in [0.717, 1.165) is 96.3 Å². The van der Waals surface area contributed by atoms with Crippen molar-refractivity contribution in [1.82, 2.24) is 0 Å². The molecule has 9 heteroatoms. The Morgan fingerprint density at radius 1 is 0.365 bits per heavy atom. The third-order valence-electron chi connectivity index (χ3n) is 15.6. The van der Waals surface area contributed by atoms with Gasteiger partial charge in [0, 0.05) is 12.8 Å². The van der Waals surface area contributed by atoms with Crippen molar-refractivity contribution in [2.24, 2.45) is 0 Å². The fourth-order valence-corrected chi connectivity index (χ4v) is 10.2. The molecular weight excluding hydrogens is 1050 g/mol. The number of carboxylic acid groups (broad SMARTS) is 1.